The van der Waals surface area contributed by atoms with Crippen molar-refractivity contribution in [2.45, 2.75) is 38.1 Å². The standard InChI is InChI=1S/C19H24N2O4S/c1-5-14(3)20-17-11-8-15(19(22)25-4)12-18(17)26(23,24)21-16-9-6-13(2)7-10-16/h6-12,14,20-21H,5H2,1-4H3. The van der Waals surface area contributed by atoms with Gasteiger partial charge in [-0.3, -0.25) is 4.72 Å². The number of methoxy groups -OCH3 is 1. The lowest BCUT2D eigenvalue weighted by molar-refractivity contribution is 0.0600. The molecule has 26 heavy (non-hydrogen) atoms. The fraction of sp³-hybridized carbons (Fsp3) is 0.316. The molecule has 0 saturated carbocycles. The van der Waals surface area contributed by atoms with Gasteiger partial charge in [-0.05, 0) is 50.6 Å². The lowest BCUT2D eigenvalue weighted by atomic mass is 10.2. The summed E-state index contributed by atoms with van der Waals surface area (Å²) in [7, 11) is -2.64. The van der Waals surface area contributed by atoms with Gasteiger partial charge in [-0.15, -0.1) is 0 Å². The Morgan fingerprint density at radius 1 is 1.15 bits per heavy atom. The summed E-state index contributed by atoms with van der Waals surface area (Å²) in [5.41, 5.74) is 2.09. The Morgan fingerprint density at radius 2 is 1.81 bits per heavy atom. The van der Waals surface area contributed by atoms with Crippen LogP contribution >= 0.6 is 0 Å². The van der Waals surface area contributed by atoms with Gasteiger partial charge in [0.05, 0.1) is 18.4 Å². The van der Waals surface area contributed by atoms with Crippen molar-refractivity contribution >= 4 is 27.4 Å². The highest BCUT2D eigenvalue weighted by Crippen LogP contribution is 2.27. The van der Waals surface area contributed by atoms with Crippen LogP contribution in [0.4, 0.5) is 11.4 Å². The Kier molecular flexibility index (Phi) is 6.26. The topological polar surface area (TPSA) is 84.5 Å². The Hall–Kier alpha value is -2.54. The Labute approximate surface area is 154 Å². The van der Waals surface area contributed by atoms with Crippen molar-refractivity contribution in [3.63, 3.8) is 0 Å². The number of benzene rings is 2. The van der Waals surface area contributed by atoms with E-state index in [-0.39, 0.29) is 16.5 Å². The van der Waals surface area contributed by atoms with Crippen molar-refractivity contribution in [2.75, 3.05) is 17.1 Å². The molecule has 0 fully saturated rings. The van der Waals surface area contributed by atoms with Gasteiger partial charge in [0.1, 0.15) is 4.90 Å². The highest BCUT2D eigenvalue weighted by molar-refractivity contribution is 7.92. The molecular weight excluding hydrogens is 352 g/mol. The molecule has 0 radical (unpaired) electrons. The summed E-state index contributed by atoms with van der Waals surface area (Å²) in [6, 6.07) is 11.6. The van der Waals surface area contributed by atoms with Crippen LogP contribution in [0.2, 0.25) is 0 Å². The lowest BCUT2D eigenvalue weighted by Crippen LogP contribution is -2.20. The van der Waals surface area contributed by atoms with Crippen molar-refractivity contribution in [1.82, 2.24) is 0 Å². The molecule has 1 atom stereocenters. The number of rotatable bonds is 7. The SMILES string of the molecule is CCC(C)Nc1ccc(C(=O)OC)cc1S(=O)(=O)Nc1ccc(C)cc1. The fourth-order valence-corrected chi connectivity index (χ4v) is 3.56. The molecule has 0 heterocycles. The van der Waals surface area contributed by atoms with Crippen LogP contribution in [0.25, 0.3) is 0 Å². The van der Waals surface area contributed by atoms with Crippen LogP contribution in [-0.4, -0.2) is 27.5 Å². The summed E-state index contributed by atoms with van der Waals surface area (Å²) in [6.45, 7) is 5.88. The maximum absolute atomic E-state index is 12.9. The largest absolute Gasteiger partial charge is 0.465 e. The summed E-state index contributed by atoms with van der Waals surface area (Å²) in [5, 5.41) is 3.17. The van der Waals surface area contributed by atoms with Gasteiger partial charge in [-0.2, -0.15) is 0 Å². The number of esters is 1. The quantitative estimate of drug-likeness (QED) is 0.718. The van der Waals surface area contributed by atoms with Crippen LogP contribution in [-0.2, 0) is 14.8 Å². The zero-order chi connectivity index (χ0) is 19.3. The molecule has 6 nitrogen and oxygen atoms in total. The van der Waals surface area contributed by atoms with Crippen LogP contribution in [0.5, 0.6) is 0 Å². The summed E-state index contributed by atoms with van der Waals surface area (Å²) >= 11 is 0. The molecule has 0 spiro atoms. The maximum Gasteiger partial charge on any atom is 0.337 e. The number of ether oxygens (including phenoxy) is 1. The Bertz CT molecular complexity index is 877. The van der Waals surface area contributed by atoms with E-state index in [0.29, 0.717) is 11.4 Å². The first-order chi connectivity index (χ1) is 12.3. The van der Waals surface area contributed by atoms with Crippen LogP contribution < -0.4 is 10.0 Å². The normalized spacial score (nSPS) is 12.3. The summed E-state index contributed by atoms with van der Waals surface area (Å²) in [6.07, 6.45) is 0.823. The zero-order valence-electron chi connectivity index (χ0n) is 15.4. The number of aryl methyl sites for hydroxylation is 1. The molecule has 7 heteroatoms. The van der Waals surface area contributed by atoms with E-state index < -0.39 is 16.0 Å². The average molecular weight is 376 g/mol. The third kappa shape index (κ3) is 4.76. The van der Waals surface area contributed by atoms with E-state index in [1.165, 1.54) is 13.2 Å². The monoisotopic (exact) mass is 376 g/mol. The predicted molar refractivity (Wildman–Crippen MR) is 103 cm³/mol. The second-order valence-corrected chi connectivity index (χ2v) is 7.78. The first-order valence-corrected chi connectivity index (χ1v) is 9.83. The van der Waals surface area contributed by atoms with Gasteiger partial charge in [0.2, 0.25) is 0 Å². The minimum atomic E-state index is -3.90. The second kappa shape index (κ2) is 8.23. The van der Waals surface area contributed by atoms with Gasteiger partial charge in [0.15, 0.2) is 0 Å². The van der Waals surface area contributed by atoms with E-state index in [1.807, 2.05) is 32.9 Å². The summed E-state index contributed by atoms with van der Waals surface area (Å²) in [5.74, 6) is -0.591. The van der Waals surface area contributed by atoms with Crippen LogP contribution in [0, 0.1) is 6.92 Å². The van der Waals surface area contributed by atoms with Crippen LogP contribution in [0.15, 0.2) is 47.4 Å². The minimum absolute atomic E-state index is 0.00118. The molecule has 0 aliphatic heterocycles. The van der Waals surface area contributed by atoms with E-state index in [1.54, 1.807) is 24.3 Å². The molecule has 0 aromatic heterocycles. The van der Waals surface area contributed by atoms with Crippen molar-refractivity contribution < 1.29 is 17.9 Å². The number of sulfonamides is 1. The smallest absolute Gasteiger partial charge is 0.337 e. The Balaban J connectivity index is 2.47. The Morgan fingerprint density at radius 3 is 2.38 bits per heavy atom. The number of hydrogen-bond acceptors (Lipinski definition) is 5. The van der Waals surface area contributed by atoms with E-state index >= 15 is 0 Å². The van der Waals surface area contributed by atoms with Crippen molar-refractivity contribution in [3.8, 4) is 0 Å². The van der Waals surface area contributed by atoms with Gasteiger partial charge in [-0.1, -0.05) is 24.6 Å². The van der Waals surface area contributed by atoms with Gasteiger partial charge >= 0.3 is 5.97 Å². The molecule has 1 unspecified atom stereocenters. The molecule has 0 amide bonds. The van der Waals surface area contributed by atoms with Gasteiger partial charge < -0.3 is 10.1 Å². The highest BCUT2D eigenvalue weighted by atomic mass is 32.2. The average Bonchev–Trinajstić information content (AvgIpc) is 2.62. The van der Waals surface area contributed by atoms with Crippen molar-refractivity contribution in [3.05, 3.63) is 53.6 Å². The number of carbonyl (C=O) groups is 1. The number of nitrogens with one attached hydrogen (secondary N) is 2. The number of carbonyl (C=O) groups excluding carboxylic acids is 1. The molecule has 0 aliphatic carbocycles. The van der Waals surface area contributed by atoms with Crippen molar-refractivity contribution in [1.29, 1.82) is 0 Å². The summed E-state index contributed by atoms with van der Waals surface area (Å²) < 4.78 is 33.1. The third-order valence-electron chi connectivity index (χ3n) is 4.01. The van der Waals surface area contributed by atoms with Gasteiger partial charge in [0.25, 0.3) is 10.0 Å². The third-order valence-corrected chi connectivity index (χ3v) is 5.43. The minimum Gasteiger partial charge on any atom is -0.465 e. The first-order valence-electron chi connectivity index (χ1n) is 8.35. The number of hydrogen-bond donors (Lipinski definition) is 2. The maximum atomic E-state index is 12.9. The fourth-order valence-electron chi connectivity index (χ4n) is 2.31. The molecule has 0 saturated heterocycles. The second-order valence-electron chi connectivity index (χ2n) is 6.13. The number of anilines is 2. The van der Waals surface area contributed by atoms with Crippen LogP contribution in [0.3, 0.4) is 0 Å². The van der Waals surface area contributed by atoms with Gasteiger partial charge in [0, 0.05) is 11.7 Å². The van der Waals surface area contributed by atoms with E-state index in [0.717, 1.165) is 12.0 Å². The molecular formula is C19H24N2O4S. The van der Waals surface area contributed by atoms with Crippen LogP contribution in [0.1, 0.15) is 36.2 Å². The van der Waals surface area contributed by atoms with E-state index in [4.69, 9.17) is 4.74 Å². The van der Waals surface area contributed by atoms with Crippen molar-refractivity contribution in [2.24, 2.45) is 0 Å². The highest BCUT2D eigenvalue weighted by Gasteiger charge is 2.22. The molecule has 2 aromatic rings. The molecule has 140 valence electrons. The first kappa shape index (κ1) is 19.8. The summed E-state index contributed by atoms with van der Waals surface area (Å²) in [4.78, 5) is 11.8. The van der Waals surface area contributed by atoms with E-state index in [2.05, 4.69) is 10.0 Å². The lowest BCUT2D eigenvalue weighted by Gasteiger charge is -2.18. The molecule has 0 aliphatic rings. The zero-order valence-corrected chi connectivity index (χ0v) is 16.2. The molecule has 2 rings (SSSR count). The van der Waals surface area contributed by atoms with Gasteiger partial charge in [-0.25, -0.2) is 13.2 Å². The molecule has 2 N–H and O–H groups in total. The van der Waals surface area contributed by atoms with E-state index in [9.17, 15) is 13.2 Å². The molecule has 2 aromatic carbocycles. The predicted octanol–water partition coefficient (Wildman–Crippen LogP) is 3.79. The molecule has 0 bridgehead atoms.